The molecule has 0 bridgehead atoms. The molecular weight excluding hydrogens is 341 g/mol. The van der Waals surface area contributed by atoms with Gasteiger partial charge in [0.2, 0.25) is 5.91 Å². The molecule has 6 heteroatoms. The average Bonchev–Trinajstić information content (AvgIpc) is 2.89. The number of carbonyl (C=O) groups is 2. The molecule has 0 saturated heterocycles. The van der Waals surface area contributed by atoms with Gasteiger partial charge in [0.25, 0.3) is 0 Å². The maximum atomic E-state index is 12.9. The van der Waals surface area contributed by atoms with Gasteiger partial charge in [0.15, 0.2) is 0 Å². The third kappa shape index (κ3) is 4.76. The van der Waals surface area contributed by atoms with E-state index in [1.165, 1.54) is 29.5 Å². The highest BCUT2D eigenvalue weighted by atomic mass is 32.1. The summed E-state index contributed by atoms with van der Waals surface area (Å²) in [6, 6.07) is 5.81. The Kier molecular flexibility index (Phi) is 6.47. The summed E-state index contributed by atoms with van der Waals surface area (Å²) < 4.78 is 18.0. The van der Waals surface area contributed by atoms with Crippen LogP contribution in [0.3, 0.4) is 0 Å². The highest BCUT2D eigenvalue weighted by molar-refractivity contribution is 7.16. The number of hydrogen-bond acceptors (Lipinski definition) is 4. The molecular formula is C19H20FNO3S. The molecule has 1 amide bonds. The van der Waals surface area contributed by atoms with E-state index in [2.05, 4.69) is 5.32 Å². The van der Waals surface area contributed by atoms with E-state index in [-0.39, 0.29) is 18.3 Å². The Morgan fingerprint density at radius 2 is 1.92 bits per heavy atom. The topological polar surface area (TPSA) is 55.4 Å². The maximum absolute atomic E-state index is 12.9. The molecule has 0 unspecified atom stereocenters. The molecule has 1 aromatic carbocycles. The molecule has 132 valence electrons. The quantitative estimate of drug-likeness (QED) is 0.605. The number of anilines is 1. The Labute approximate surface area is 150 Å². The van der Waals surface area contributed by atoms with Crippen LogP contribution in [-0.2, 0) is 16.0 Å². The third-order valence-corrected chi connectivity index (χ3v) is 4.64. The summed E-state index contributed by atoms with van der Waals surface area (Å²) in [4.78, 5) is 25.4. The van der Waals surface area contributed by atoms with Crippen LogP contribution in [-0.4, -0.2) is 18.5 Å². The number of rotatable bonds is 6. The van der Waals surface area contributed by atoms with Crippen LogP contribution < -0.4 is 5.32 Å². The Bertz CT molecular complexity index is 794. The van der Waals surface area contributed by atoms with E-state index in [1.54, 1.807) is 25.1 Å². The number of carbonyl (C=O) groups excluding carboxylic acids is 2. The summed E-state index contributed by atoms with van der Waals surface area (Å²) in [5, 5.41) is 3.23. The van der Waals surface area contributed by atoms with Crippen LogP contribution in [0.5, 0.6) is 0 Å². The van der Waals surface area contributed by atoms with Crippen molar-refractivity contribution in [3.8, 4) is 0 Å². The summed E-state index contributed by atoms with van der Waals surface area (Å²) in [6.07, 6.45) is 3.61. The molecule has 1 heterocycles. The van der Waals surface area contributed by atoms with E-state index in [1.807, 2.05) is 13.8 Å². The van der Waals surface area contributed by atoms with E-state index in [0.717, 1.165) is 10.4 Å². The second-order valence-electron chi connectivity index (χ2n) is 5.29. The SMILES string of the molecule is CCOC(=O)c1c(NC(=O)/C=C\c2ccc(F)cc2)sc(C)c1CC. The lowest BCUT2D eigenvalue weighted by molar-refractivity contribution is -0.111. The van der Waals surface area contributed by atoms with Crippen molar-refractivity contribution in [3.05, 3.63) is 57.7 Å². The minimum atomic E-state index is -0.429. The molecule has 0 aliphatic heterocycles. The van der Waals surface area contributed by atoms with Crippen molar-refractivity contribution in [1.29, 1.82) is 0 Å². The molecule has 1 aromatic heterocycles. The Morgan fingerprint density at radius 3 is 2.52 bits per heavy atom. The lowest BCUT2D eigenvalue weighted by Gasteiger charge is -2.06. The highest BCUT2D eigenvalue weighted by Gasteiger charge is 2.22. The lowest BCUT2D eigenvalue weighted by Crippen LogP contribution is -2.13. The van der Waals surface area contributed by atoms with Crippen molar-refractivity contribution < 1.29 is 18.7 Å². The average molecular weight is 361 g/mol. The first-order chi connectivity index (χ1) is 12.0. The Hall–Kier alpha value is -2.47. The predicted molar refractivity (Wildman–Crippen MR) is 98.5 cm³/mol. The normalized spacial score (nSPS) is 10.9. The van der Waals surface area contributed by atoms with Gasteiger partial charge in [0.05, 0.1) is 12.2 Å². The van der Waals surface area contributed by atoms with Crippen LogP contribution in [0, 0.1) is 12.7 Å². The van der Waals surface area contributed by atoms with Gasteiger partial charge in [-0.25, -0.2) is 9.18 Å². The summed E-state index contributed by atoms with van der Waals surface area (Å²) in [6.45, 7) is 5.88. The monoisotopic (exact) mass is 361 g/mol. The second kappa shape index (κ2) is 8.58. The molecule has 1 N–H and O–H groups in total. The zero-order chi connectivity index (χ0) is 18.4. The standard InChI is InChI=1S/C19H20FNO3S/c1-4-15-12(3)25-18(17(15)19(23)24-5-2)21-16(22)11-8-13-6-9-14(20)10-7-13/h6-11H,4-5H2,1-3H3,(H,21,22)/b11-8-. The number of ether oxygens (including phenoxy) is 1. The number of nitrogens with one attached hydrogen (secondary N) is 1. The maximum Gasteiger partial charge on any atom is 0.341 e. The molecule has 0 radical (unpaired) electrons. The molecule has 0 saturated carbocycles. The summed E-state index contributed by atoms with van der Waals surface area (Å²) in [7, 11) is 0. The van der Waals surface area contributed by atoms with E-state index < -0.39 is 5.97 Å². The van der Waals surface area contributed by atoms with Crippen LogP contribution >= 0.6 is 11.3 Å². The minimum Gasteiger partial charge on any atom is -0.462 e. The van der Waals surface area contributed by atoms with Gasteiger partial charge >= 0.3 is 5.97 Å². The van der Waals surface area contributed by atoms with Gasteiger partial charge in [-0.15, -0.1) is 11.3 Å². The Morgan fingerprint density at radius 1 is 1.24 bits per heavy atom. The number of hydrogen-bond donors (Lipinski definition) is 1. The number of benzene rings is 1. The molecule has 0 aliphatic carbocycles. The van der Waals surface area contributed by atoms with Gasteiger partial charge in [-0.05, 0) is 49.6 Å². The number of amides is 1. The van der Waals surface area contributed by atoms with Crippen molar-refractivity contribution in [2.45, 2.75) is 27.2 Å². The largest absolute Gasteiger partial charge is 0.462 e. The van der Waals surface area contributed by atoms with Crippen LogP contribution in [0.4, 0.5) is 9.39 Å². The van der Waals surface area contributed by atoms with Gasteiger partial charge in [0.1, 0.15) is 10.8 Å². The van der Waals surface area contributed by atoms with Gasteiger partial charge in [-0.2, -0.15) is 0 Å². The van der Waals surface area contributed by atoms with E-state index in [9.17, 15) is 14.0 Å². The predicted octanol–water partition coefficient (Wildman–Crippen LogP) is 4.59. The molecule has 0 spiro atoms. The fraction of sp³-hybridized carbons (Fsp3) is 0.263. The summed E-state index contributed by atoms with van der Waals surface area (Å²) in [5.41, 5.74) is 2.02. The molecule has 0 atom stereocenters. The van der Waals surface area contributed by atoms with Crippen molar-refractivity contribution in [2.75, 3.05) is 11.9 Å². The highest BCUT2D eigenvalue weighted by Crippen LogP contribution is 2.34. The third-order valence-electron chi connectivity index (χ3n) is 3.58. The first-order valence-corrected chi connectivity index (χ1v) is 8.81. The first-order valence-electron chi connectivity index (χ1n) is 8.00. The minimum absolute atomic E-state index is 0.273. The van der Waals surface area contributed by atoms with Crippen LogP contribution in [0.1, 0.15) is 40.2 Å². The molecule has 4 nitrogen and oxygen atoms in total. The van der Waals surface area contributed by atoms with Crippen LogP contribution in [0.25, 0.3) is 6.08 Å². The number of halogens is 1. The zero-order valence-electron chi connectivity index (χ0n) is 14.4. The van der Waals surface area contributed by atoms with Crippen molar-refractivity contribution in [1.82, 2.24) is 0 Å². The van der Waals surface area contributed by atoms with Gasteiger partial charge in [-0.3, -0.25) is 4.79 Å². The van der Waals surface area contributed by atoms with E-state index in [4.69, 9.17) is 4.74 Å². The van der Waals surface area contributed by atoms with Crippen molar-refractivity contribution in [2.24, 2.45) is 0 Å². The molecule has 25 heavy (non-hydrogen) atoms. The zero-order valence-corrected chi connectivity index (χ0v) is 15.2. The lowest BCUT2D eigenvalue weighted by atomic mass is 10.1. The van der Waals surface area contributed by atoms with Crippen LogP contribution in [0.15, 0.2) is 30.3 Å². The molecule has 0 aliphatic rings. The summed E-state index contributed by atoms with van der Waals surface area (Å²) in [5.74, 6) is -1.12. The number of thiophene rings is 1. The van der Waals surface area contributed by atoms with Crippen LogP contribution in [0.2, 0.25) is 0 Å². The smallest absolute Gasteiger partial charge is 0.341 e. The number of aryl methyl sites for hydroxylation is 1. The fourth-order valence-corrected chi connectivity index (χ4v) is 3.55. The van der Waals surface area contributed by atoms with Gasteiger partial charge < -0.3 is 10.1 Å². The molecule has 2 aromatic rings. The van der Waals surface area contributed by atoms with Crippen molar-refractivity contribution in [3.63, 3.8) is 0 Å². The van der Waals surface area contributed by atoms with Gasteiger partial charge in [-0.1, -0.05) is 19.1 Å². The number of esters is 1. The Balaban J connectivity index is 2.19. The fourth-order valence-electron chi connectivity index (χ4n) is 2.41. The van der Waals surface area contributed by atoms with Crippen molar-refractivity contribution >= 4 is 34.3 Å². The van der Waals surface area contributed by atoms with Gasteiger partial charge in [0, 0.05) is 11.0 Å². The van der Waals surface area contributed by atoms with E-state index >= 15 is 0 Å². The molecule has 2 rings (SSSR count). The summed E-state index contributed by atoms with van der Waals surface area (Å²) >= 11 is 1.36. The molecule has 0 fully saturated rings. The second-order valence-corrected chi connectivity index (χ2v) is 6.51. The van der Waals surface area contributed by atoms with E-state index in [0.29, 0.717) is 22.5 Å². The first kappa shape index (κ1) is 18.9.